The van der Waals surface area contributed by atoms with Gasteiger partial charge in [0.05, 0.1) is 19.2 Å². The van der Waals surface area contributed by atoms with Crippen molar-refractivity contribution in [1.82, 2.24) is 10.3 Å². The predicted octanol–water partition coefficient (Wildman–Crippen LogP) is 2.95. The van der Waals surface area contributed by atoms with Crippen molar-refractivity contribution in [3.05, 3.63) is 34.8 Å². The first-order chi connectivity index (χ1) is 10.2. The van der Waals surface area contributed by atoms with Crippen LogP contribution in [0, 0.1) is 6.92 Å². The lowest BCUT2D eigenvalue weighted by molar-refractivity contribution is -0.120. The molecule has 5 heteroatoms. The van der Waals surface area contributed by atoms with Gasteiger partial charge in [-0.05, 0) is 44.0 Å². The van der Waals surface area contributed by atoms with Gasteiger partial charge in [-0.3, -0.25) is 4.79 Å². The number of carbonyl (C=O) groups is 1. The Balaban J connectivity index is 1.74. The Morgan fingerprint density at radius 1 is 1.38 bits per heavy atom. The van der Waals surface area contributed by atoms with Crippen molar-refractivity contribution in [3.63, 3.8) is 0 Å². The fraction of sp³-hybridized carbons (Fsp3) is 0.375. The van der Waals surface area contributed by atoms with E-state index >= 15 is 0 Å². The summed E-state index contributed by atoms with van der Waals surface area (Å²) in [4.78, 5) is 17.5. The van der Waals surface area contributed by atoms with E-state index in [0.717, 1.165) is 39.7 Å². The molecule has 0 radical (unpaired) electrons. The number of hydrogen-bond acceptors (Lipinski definition) is 4. The summed E-state index contributed by atoms with van der Waals surface area (Å²) in [6.07, 6.45) is 2.66. The molecule has 3 rings (SSSR count). The van der Waals surface area contributed by atoms with Crippen LogP contribution in [0.3, 0.4) is 0 Å². The third-order valence-electron chi connectivity index (χ3n) is 3.49. The lowest BCUT2D eigenvalue weighted by Gasteiger charge is -2.01. The van der Waals surface area contributed by atoms with E-state index in [9.17, 15) is 4.79 Å². The number of aromatic nitrogens is 1. The zero-order valence-corrected chi connectivity index (χ0v) is 13.0. The quantitative estimate of drug-likeness (QED) is 0.924. The molecule has 1 aliphatic rings. The summed E-state index contributed by atoms with van der Waals surface area (Å²) in [6, 6.07) is 8.24. The lowest BCUT2D eigenvalue weighted by atomic mass is 10.2. The normalized spacial score (nSPS) is 14.0. The van der Waals surface area contributed by atoms with Crippen LogP contribution in [-0.2, 0) is 11.2 Å². The van der Waals surface area contributed by atoms with Gasteiger partial charge in [-0.25, -0.2) is 4.98 Å². The minimum absolute atomic E-state index is 0.102. The molecule has 21 heavy (non-hydrogen) atoms. The number of nitrogens with one attached hydrogen (secondary N) is 1. The molecule has 1 fully saturated rings. The monoisotopic (exact) mass is 302 g/mol. The van der Waals surface area contributed by atoms with Crippen molar-refractivity contribution in [2.45, 2.75) is 32.2 Å². The Morgan fingerprint density at radius 3 is 2.71 bits per heavy atom. The van der Waals surface area contributed by atoms with Crippen molar-refractivity contribution in [3.8, 4) is 16.3 Å². The minimum Gasteiger partial charge on any atom is -0.497 e. The zero-order valence-electron chi connectivity index (χ0n) is 12.2. The molecule has 0 bridgehead atoms. The van der Waals surface area contributed by atoms with Gasteiger partial charge in [-0.15, -0.1) is 11.3 Å². The third kappa shape index (κ3) is 3.42. The molecule has 1 aromatic carbocycles. The van der Waals surface area contributed by atoms with Crippen LogP contribution in [-0.4, -0.2) is 24.0 Å². The van der Waals surface area contributed by atoms with Crippen molar-refractivity contribution >= 4 is 17.2 Å². The summed E-state index contributed by atoms with van der Waals surface area (Å²) in [5, 5.41) is 3.97. The van der Waals surface area contributed by atoms with Crippen LogP contribution in [0.5, 0.6) is 5.75 Å². The number of amides is 1. The van der Waals surface area contributed by atoms with E-state index in [0.29, 0.717) is 12.5 Å². The SMILES string of the molecule is COc1ccc(-c2nc(C)c(CC(=O)NC3CC3)s2)cc1. The largest absolute Gasteiger partial charge is 0.497 e. The molecule has 1 amide bonds. The number of benzene rings is 1. The first-order valence-corrected chi connectivity index (χ1v) is 7.87. The van der Waals surface area contributed by atoms with E-state index in [1.807, 2.05) is 31.2 Å². The van der Waals surface area contributed by atoms with Gasteiger partial charge in [-0.1, -0.05) is 0 Å². The number of carbonyl (C=O) groups excluding carboxylic acids is 1. The van der Waals surface area contributed by atoms with Gasteiger partial charge in [0.25, 0.3) is 0 Å². The average Bonchev–Trinajstić information content (AvgIpc) is 3.22. The molecule has 1 aliphatic carbocycles. The van der Waals surface area contributed by atoms with Crippen molar-refractivity contribution in [2.24, 2.45) is 0 Å². The van der Waals surface area contributed by atoms with Crippen LogP contribution in [0.4, 0.5) is 0 Å². The molecule has 0 unspecified atom stereocenters. The smallest absolute Gasteiger partial charge is 0.225 e. The highest BCUT2D eigenvalue weighted by molar-refractivity contribution is 7.15. The van der Waals surface area contributed by atoms with E-state index in [2.05, 4.69) is 10.3 Å². The predicted molar refractivity (Wildman–Crippen MR) is 83.7 cm³/mol. The van der Waals surface area contributed by atoms with Gasteiger partial charge in [-0.2, -0.15) is 0 Å². The maximum atomic E-state index is 11.9. The average molecular weight is 302 g/mol. The summed E-state index contributed by atoms with van der Waals surface area (Å²) < 4.78 is 5.16. The Bertz CT molecular complexity index is 645. The molecule has 110 valence electrons. The van der Waals surface area contributed by atoms with E-state index in [4.69, 9.17) is 4.74 Å². The minimum atomic E-state index is 0.102. The van der Waals surface area contributed by atoms with Gasteiger partial charge < -0.3 is 10.1 Å². The van der Waals surface area contributed by atoms with Gasteiger partial charge in [0, 0.05) is 16.5 Å². The van der Waals surface area contributed by atoms with Crippen molar-refractivity contribution in [2.75, 3.05) is 7.11 Å². The van der Waals surface area contributed by atoms with Gasteiger partial charge in [0.2, 0.25) is 5.91 Å². The number of nitrogens with zero attached hydrogens (tertiary/aromatic N) is 1. The number of methoxy groups -OCH3 is 1. The second-order valence-electron chi connectivity index (χ2n) is 5.27. The maximum absolute atomic E-state index is 11.9. The molecule has 0 aliphatic heterocycles. The Hall–Kier alpha value is -1.88. The molecule has 0 spiro atoms. The first-order valence-electron chi connectivity index (χ1n) is 7.06. The summed E-state index contributed by atoms with van der Waals surface area (Å²) in [6.45, 7) is 1.96. The lowest BCUT2D eigenvalue weighted by Crippen LogP contribution is -2.26. The number of hydrogen-bond donors (Lipinski definition) is 1. The van der Waals surface area contributed by atoms with E-state index in [1.54, 1.807) is 18.4 Å². The second-order valence-corrected chi connectivity index (χ2v) is 6.36. The summed E-state index contributed by atoms with van der Waals surface area (Å²) >= 11 is 1.59. The molecule has 1 N–H and O–H groups in total. The Kier molecular flexibility index (Phi) is 3.92. The zero-order chi connectivity index (χ0) is 14.8. The van der Waals surface area contributed by atoms with Crippen LogP contribution >= 0.6 is 11.3 Å². The maximum Gasteiger partial charge on any atom is 0.225 e. The van der Waals surface area contributed by atoms with Gasteiger partial charge in [0.15, 0.2) is 0 Å². The standard InChI is InChI=1S/C16H18N2O2S/c1-10-14(9-15(19)18-12-5-6-12)21-16(17-10)11-3-7-13(20-2)8-4-11/h3-4,7-8,12H,5-6,9H2,1-2H3,(H,18,19). The number of thiazole rings is 1. The molecule has 1 heterocycles. The highest BCUT2D eigenvalue weighted by Crippen LogP contribution is 2.29. The molecular formula is C16H18N2O2S. The van der Waals surface area contributed by atoms with Crippen LogP contribution in [0.1, 0.15) is 23.4 Å². The van der Waals surface area contributed by atoms with Crippen LogP contribution in [0.15, 0.2) is 24.3 Å². The molecule has 0 saturated heterocycles. The highest BCUT2D eigenvalue weighted by atomic mass is 32.1. The number of ether oxygens (including phenoxy) is 1. The molecule has 4 nitrogen and oxygen atoms in total. The van der Waals surface area contributed by atoms with Gasteiger partial charge >= 0.3 is 0 Å². The van der Waals surface area contributed by atoms with Gasteiger partial charge in [0.1, 0.15) is 10.8 Å². The summed E-state index contributed by atoms with van der Waals surface area (Å²) in [5.74, 6) is 0.932. The van der Waals surface area contributed by atoms with E-state index in [1.165, 1.54) is 0 Å². The van der Waals surface area contributed by atoms with E-state index in [-0.39, 0.29) is 5.91 Å². The van der Waals surface area contributed by atoms with Crippen molar-refractivity contribution in [1.29, 1.82) is 0 Å². The Morgan fingerprint density at radius 2 is 2.10 bits per heavy atom. The van der Waals surface area contributed by atoms with Crippen molar-refractivity contribution < 1.29 is 9.53 Å². The molecule has 2 aromatic rings. The molecule has 1 saturated carbocycles. The summed E-state index contributed by atoms with van der Waals surface area (Å²) in [5.41, 5.74) is 1.99. The Labute approximate surface area is 128 Å². The summed E-state index contributed by atoms with van der Waals surface area (Å²) in [7, 11) is 1.65. The number of rotatable bonds is 5. The fourth-order valence-electron chi connectivity index (χ4n) is 2.10. The third-order valence-corrected chi connectivity index (χ3v) is 4.70. The molecule has 1 aromatic heterocycles. The molecule has 0 atom stereocenters. The second kappa shape index (κ2) is 5.85. The molecular weight excluding hydrogens is 284 g/mol. The number of aryl methyl sites for hydroxylation is 1. The fourth-order valence-corrected chi connectivity index (χ4v) is 3.17. The van der Waals surface area contributed by atoms with Crippen LogP contribution in [0.25, 0.3) is 10.6 Å². The van der Waals surface area contributed by atoms with Crippen LogP contribution < -0.4 is 10.1 Å². The van der Waals surface area contributed by atoms with E-state index < -0.39 is 0 Å². The highest BCUT2D eigenvalue weighted by Gasteiger charge is 2.24. The first kappa shape index (κ1) is 14.1. The topological polar surface area (TPSA) is 51.2 Å². The van der Waals surface area contributed by atoms with Crippen LogP contribution in [0.2, 0.25) is 0 Å².